The van der Waals surface area contributed by atoms with Crippen LogP contribution in [0.3, 0.4) is 0 Å². The van der Waals surface area contributed by atoms with Gasteiger partial charge in [-0.15, -0.1) is 0 Å². The van der Waals surface area contributed by atoms with Crippen molar-refractivity contribution < 1.29 is 0 Å². The minimum atomic E-state index is 0.219. The molecule has 0 aliphatic rings. The summed E-state index contributed by atoms with van der Waals surface area (Å²) in [5.74, 6) is 0. The van der Waals surface area contributed by atoms with Crippen molar-refractivity contribution in [3.05, 3.63) is 69.8 Å². The minimum Gasteiger partial charge on any atom is -0.221 e. The van der Waals surface area contributed by atoms with Gasteiger partial charge < -0.3 is 0 Å². The summed E-state index contributed by atoms with van der Waals surface area (Å²) in [5, 5.41) is 14.2. The number of rotatable bonds is 3. The molecule has 5 heteroatoms. The molecule has 0 aliphatic heterocycles. The molecule has 0 saturated heterocycles. The van der Waals surface area contributed by atoms with Crippen molar-refractivity contribution in [3.8, 4) is 23.0 Å². The number of hydrogen-bond donors (Lipinski definition) is 0. The van der Waals surface area contributed by atoms with Gasteiger partial charge in [-0.1, -0.05) is 57.9 Å². The first-order chi connectivity index (χ1) is 10.7. The Morgan fingerprint density at radius 3 is 2.41 bits per heavy atom. The maximum atomic E-state index is 9.09. The first-order valence-electron chi connectivity index (χ1n) is 6.66. The molecule has 1 aromatic heterocycles. The van der Waals surface area contributed by atoms with Gasteiger partial charge >= 0.3 is 0 Å². The molecule has 3 nitrogen and oxygen atoms in total. The summed E-state index contributed by atoms with van der Waals surface area (Å²) in [4.78, 5) is 0. The third kappa shape index (κ3) is 2.78. The molecule has 0 fully saturated rings. The van der Waals surface area contributed by atoms with Gasteiger partial charge in [-0.3, -0.25) is 0 Å². The summed E-state index contributed by atoms with van der Waals surface area (Å²) >= 11 is 9.88. The van der Waals surface area contributed by atoms with Gasteiger partial charge in [0, 0.05) is 15.6 Å². The summed E-state index contributed by atoms with van der Waals surface area (Å²) in [6, 6.07) is 19.6. The van der Waals surface area contributed by atoms with E-state index in [-0.39, 0.29) is 6.42 Å². The van der Waals surface area contributed by atoms with Gasteiger partial charge in [0.25, 0.3) is 0 Å². The second kappa shape index (κ2) is 6.35. The van der Waals surface area contributed by atoms with E-state index in [0.717, 1.165) is 27.0 Å². The number of nitrogens with zero attached hydrogens (tertiary/aromatic N) is 3. The molecule has 0 radical (unpaired) electrons. The van der Waals surface area contributed by atoms with Crippen molar-refractivity contribution in [3.63, 3.8) is 0 Å². The fourth-order valence-corrected chi connectivity index (χ4v) is 2.80. The summed E-state index contributed by atoms with van der Waals surface area (Å²) in [6.07, 6.45) is 0.219. The highest BCUT2D eigenvalue weighted by atomic mass is 79.9. The lowest BCUT2D eigenvalue weighted by Gasteiger charge is -2.01. The van der Waals surface area contributed by atoms with E-state index in [1.54, 1.807) is 4.68 Å². The largest absolute Gasteiger partial charge is 0.221 e. The summed E-state index contributed by atoms with van der Waals surface area (Å²) in [7, 11) is 0. The SMILES string of the molecule is N#CCc1c(-c2ccc(Br)cc2)nn(-c2ccccc2)c1Cl. The molecule has 0 saturated carbocycles. The van der Waals surface area contributed by atoms with Gasteiger partial charge in [-0.05, 0) is 24.3 Å². The fourth-order valence-electron chi connectivity index (χ4n) is 2.25. The molecule has 0 amide bonds. The van der Waals surface area contributed by atoms with Crippen LogP contribution in [-0.4, -0.2) is 9.78 Å². The van der Waals surface area contributed by atoms with E-state index in [2.05, 4.69) is 27.1 Å². The highest BCUT2D eigenvalue weighted by molar-refractivity contribution is 9.10. The first kappa shape index (κ1) is 14.8. The van der Waals surface area contributed by atoms with Crippen LogP contribution >= 0.6 is 27.5 Å². The molecule has 2 aromatic carbocycles. The quantitative estimate of drug-likeness (QED) is 0.647. The normalized spacial score (nSPS) is 10.4. The molecule has 3 rings (SSSR count). The number of hydrogen-bond acceptors (Lipinski definition) is 2. The number of benzene rings is 2. The van der Waals surface area contributed by atoms with Crippen LogP contribution in [0.5, 0.6) is 0 Å². The van der Waals surface area contributed by atoms with Crippen molar-refractivity contribution in [1.82, 2.24) is 9.78 Å². The Balaban J connectivity index is 2.18. The van der Waals surface area contributed by atoms with Crippen molar-refractivity contribution in [1.29, 1.82) is 5.26 Å². The van der Waals surface area contributed by atoms with Crippen LogP contribution in [0, 0.1) is 11.3 Å². The maximum Gasteiger partial charge on any atom is 0.137 e. The highest BCUT2D eigenvalue weighted by Crippen LogP contribution is 2.31. The number of nitriles is 1. The number of halogens is 2. The lowest BCUT2D eigenvalue weighted by molar-refractivity contribution is 0.884. The van der Waals surface area contributed by atoms with Gasteiger partial charge in [-0.2, -0.15) is 10.4 Å². The van der Waals surface area contributed by atoms with Crippen molar-refractivity contribution >= 4 is 27.5 Å². The molecule has 0 unspecified atom stereocenters. The smallest absolute Gasteiger partial charge is 0.137 e. The number of para-hydroxylation sites is 1. The molecular weight excluding hydrogens is 362 g/mol. The standard InChI is InChI=1S/C17H11BrClN3/c18-13-8-6-12(7-9-13)16-15(10-11-20)17(19)22(21-16)14-4-2-1-3-5-14/h1-9H,10H2. The summed E-state index contributed by atoms with van der Waals surface area (Å²) in [6.45, 7) is 0. The second-order valence-corrected chi connectivity index (χ2v) is 5.98. The topological polar surface area (TPSA) is 41.6 Å². The van der Waals surface area contributed by atoms with Crippen LogP contribution in [0.1, 0.15) is 5.56 Å². The Kier molecular flexibility index (Phi) is 4.28. The zero-order valence-electron chi connectivity index (χ0n) is 11.5. The average molecular weight is 373 g/mol. The molecule has 3 aromatic rings. The van der Waals surface area contributed by atoms with Crippen LogP contribution in [-0.2, 0) is 6.42 Å². The van der Waals surface area contributed by atoms with E-state index in [4.69, 9.17) is 16.9 Å². The van der Waals surface area contributed by atoms with Gasteiger partial charge in [0.1, 0.15) is 5.15 Å². The molecule has 0 N–H and O–H groups in total. The Morgan fingerprint density at radius 1 is 1.09 bits per heavy atom. The van der Waals surface area contributed by atoms with Crippen LogP contribution in [0.25, 0.3) is 16.9 Å². The number of aromatic nitrogens is 2. The average Bonchev–Trinajstić information content (AvgIpc) is 2.87. The van der Waals surface area contributed by atoms with Gasteiger partial charge in [-0.25, -0.2) is 4.68 Å². The first-order valence-corrected chi connectivity index (χ1v) is 7.83. The molecule has 22 heavy (non-hydrogen) atoms. The second-order valence-electron chi connectivity index (χ2n) is 4.71. The fraction of sp³-hybridized carbons (Fsp3) is 0.0588. The van der Waals surface area contributed by atoms with Crippen LogP contribution < -0.4 is 0 Å². The molecular formula is C17H11BrClN3. The Labute approximate surface area is 141 Å². The van der Waals surface area contributed by atoms with E-state index in [1.165, 1.54) is 0 Å². The van der Waals surface area contributed by atoms with E-state index < -0.39 is 0 Å². The van der Waals surface area contributed by atoms with E-state index in [9.17, 15) is 0 Å². The van der Waals surface area contributed by atoms with Crippen molar-refractivity contribution in [2.75, 3.05) is 0 Å². The third-order valence-corrected chi connectivity index (χ3v) is 4.21. The molecule has 1 heterocycles. The minimum absolute atomic E-state index is 0.219. The van der Waals surface area contributed by atoms with Crippen LogP contribution in [0.4, 0.5) is 0 Å². The van der Waals surface area contributed by atoms with Crippen LogP contribution in [0.2, 0.25) is 5.15 Å². The van der Waals surface area contributed by atoms with Gasteiger partial charge in [0.05, 0.1) is 23.9 Å². The zero-order chi connectivity index (χ0) is 15.5. The van der Waals surface area contributed by atoms with Gasteiger partial charge in [0.15, 0.2) is 0 Å². The Hall–Kier alpha value is -2.09. The Morgan fingerprint density at radius 2 is 1.77 bits per heavy atom. The van der Waals surface area contributed by atoms with E-state index in [1.807, 2.05) is 54.6 Å². The zero-order valence-corrected chi connectivity index (χ0v) is 13.8. The predicted octanol–water partition coefficient (Wildman–Crippen LogP) is 5.02. The van der Waals surface area contributed by atoms with Crippen molar-refractivity contribution in [2.45, 2.75) is 6.42 Å². The summed E-state index contributed by atoms with van der Waals surface area (Å²) < 4.78 is 2.66. The Bertz CT molecular complexity index is 833. The van der Waals surface area contributed by atoms with Crippen LogP contribution in [0.15, 0.2) is 59.1 Å². The third-order valence-electron chi connectivity index (χ3n) is 3.30. The molecule has 108 valence electrons. The summed E-state index contributed by atoms with van der Waals surface area (Å²) in [5.41, 5.74) is 3.29. The molecule has 0 aliphatic carbocycles. The highest BCUT2D eigenvalue weighted by Gasteiger charge is 2.18. The molecule has 0 bridgehead atoms. The lowest BCUT2D eigenvalue weighted by atomic mass is 10.1. The lowest BCUT2D eigenvalue weighted by Crippen LogP contribution is -1.96. The molecule has 0 spiro atoms. The molecule has 0 atom stereocenters. The predicted molar refractivity (Wildman–Crippen MR) is 91.0 cm³/mol. The maximum absolute atomic E-state index is 9.09. The van der Waals surface area contributed by atoms with E-state index >= 15 is 0 Å². The van der Waals surface area contributed by atoms with Crippen molar-refractivity contribution in [2.24, 2.45) is 0 Å². The van der Waals surface area contributed by atoms with E-state index in [0.29, 0.717) is 5.15 Å². The monoisotopic (exact) mass is 371 g/mol. The van der Waals surface area contributed by atoms with Gasteiger partial charge in [0.2, 0.25) is 0 Å².